The molecule has 0 aliphatic carbocycles. The summed E-state index contributed by atoms with van der Waals surface area (Å²) >= 11 is 0. The van der Waals surface area contributed by atoms with Crippen molar-refractivity contribution in [3.05, 3.63) is 84.4 Å². The number of anilines is 1. The molecule has 0 bridgehead atoms. The SMILES string of the molecule is Cc1cccc(-c2ccc(/N=N/c3cc(S(=O)(=O)O)c4ccccc4c3N)cc2)c1.[NaH]. The van der Waals surface area contributed by atoms with Gasteiger partial charge in [-0.3, -0.25) is 4.55 Å². The zero-order valence-corrected chi connectivity index (χ0v) is 17.0. The minimum atomic E-state index is -4.45. The Bertz CT molecular complexity index is 1390. The molecule has 6 nitrogen and oxygen atoms in total. The predicted octanol–water partition coefficient (Wildman–Crippen LogP) is 5.41. The fourth-order valence-electron chi connectivity index (χ4n) is 3.30. The molecule has 0 atom stereocenters. The van der Waals surface area contributed by atoms with Gasteiger partial charge in [-0.1, -0.05) is 66.2 Å². The number of benzene rings is 4. The second kappa shape index (κ2) is 9.30. The van der Waals surface area contributed by atoms with Crippen LogP contribution in [0.1, 0.15) is 5.56 Å². The van der Waals surface area contributed by atoms with Crippen molar-refractivity contribution in [1.29, 1.82) is 0 Å². The Morgan fingerprint density at radius 1 is 0.806 bits per heavy atom. The van der Waals surface area contributed by atoms with E-state index < -0.39 is 10.1 Å². The molecular weight excluding hydrogens is 421 g/mol. The number of hydrogen-bond donors (Lipinski definition) is 2. The third kappa shape index (κ3) is 5.03. The van der Waals surface area contributed by atoms with Gasteiger partial charge in [-0.05, 0) is 36.2 Å². The van der Waals surface area contributed by atoms with Gasteiger partial charge in [0.05, 0.1) is 11.4 Å². The molecule has 0 spiro atoms. The van der Waals surface area contributed by atoms with Crippen molar-refractivity contribution in [1.82, 2.24) is 0 Å². The summed E-state index contributed by atoms with van der Waals surface area (Å²) in [5.74, 6) is 0. The molecule has 31 heavy (non-hydrogen) atoms. The van der Waals surface area contributed by atoms with Gasteiger partial charge in [-0.2, -0.15) is 13.5 Å². The topological polar surface area (TPSA) is 105 Å². The van der Waals surface area contributed by atoms with Gasteiger partial charge in [0.25, 0.3) is 10.1 Å². The monoisotopic (exact) mass is 441 g/mol. The molecule has 0 saturated heterocycles. The van der Waals surface area contributed by atoms with E-state index in [-0.39, 0.29) is 45.8 Å². The second-order valence-electron chi connectivity index (χ2n) is 6.94. The Hall–Kier alpha value is -2.55. The zero-order chi connectivity index (χ0) is 21.3. The number of nitrogens with zero attached hydrogens (tertiary/aromatic N) is 2. The fourth-order valence-corrected chi connectivity index (χ4v) is 4.02. The Morgan fingerprint density at radius 3 is 2.13 bits per heavy atom. The molecule has 3 N–H and O–H groups in total. The maximum atomic E-state index is 11.8. The van der Waals surface area contributed by atoms with E-state index in [1.165, 1.54) is 11.6 Å². The second-order valence-corrected chi connectivity index (χ2v) is 8.33. The van der Waals surface area contributed by atoms with Crippen LogP contribution in [0, 0.1) is 6.92 Å². The van der Waals surface area contributed by atoms with E-state index >= 15 is 0 Å². The van der Waals surface area contributed by atoms with Crippen LogP contribution in [0.2, 0.25) is 0 Å². The maximum absolute atomic E-state index is 11.8. The van der Waals surface area contributed by atoms with Gasteiger partial charge in [-0.15, -0.1) is 5.11 Å². The van der Waals surface area contributed by atoms with Crippen molar-refractivity contribution in [2.24, 2.45) is 10.2 Å². The van der Waals surface area contributed by atoms with Gasteiger partial charge >= 0.3 is 29.6 Å². The average molecular weight is 441 g/mol. The summed E-state index contributed by atoms with van der Waals surface area (Å²) in [6.45, 7) is 2.04. The fraction of sp³-hybridized carbons (Fsp3) is 0.0435. The Morgan fingerprint density at radius 2 is 1.48 bits per heavy atom. The first kappa shape index (κ1) is 23.1. The first-order valence-corrected chi connectivity index (χ1v) is 10.6. The van der Waals surface area contributed by atoms with Crippen molar-refractivity contribution in [3.63, 3.8) is 0 Å². The number of rotatable bonds is 4. The molecular formula is C23H20N3NaO3S. The van der Waals surface area contributed by atoms with Crippen LogP contribution in [0.25, 0.3) is 21.9 Å². The molecule has 0 aromatic heterocycles. The van der Waals surface area contributed by atoms with Crippen molar-refractivity contribution >= 4 is 67.5 Å². The summed E-state index contributed by atoms with van der Waals surface area (Å²) in [6.07, 6.45) is 0. The molecule has 0 amide bonds. The molecule has 4 rings (SSSR count). The van der Waals surface area contributed by atoms with Crippen LogP contribution in [0.4, 0.5) is 17.1 Å². The molecule has 152 valence electrons. The standard InChI is InChI=1S/C23H19N3O3S.Na.H/c1-15-5-4-6-17(13-15)16-9-11-18(12-10-16)25-26-21-14-22(30(27,28)29)19-7-2-3-8-20(19)23(21)24;;/h2-14H,24H2,1H3,(H,27,28,29);;/b26-25+;;. The average Bonchev–Trinajstić information content (AvgIpc) is 2.73. The summed E-state index contributed by atoms with van der Waals surface area (Å²) < 4.78 is 33.3. The molecule has 0 heterocycles. The summed E-state index contributed by atoms with van der Waals surface area (Å²) in [5, 5.41) is 9.14. The number of nitrogens with two attached hydrogens (primary N) is 1. The number of nitrogen functional groups attached to an aromatic ring is 1. The van der Waals surface area contributed by atoms with Gasteiger partial charge in [-0.25, -0.2) is 0 Å². The number of fused-ring (bicyclic) bond motifs is 1. The normalized spacial score (nSPS) is 11.5. The van der Waals surface area contributed by atoms with Crippen LogP contribution in [-0.4, -0.2) is 42.5 Å². The number of aryl methyl sites for hydroxylation is 1. The predicted molar refractivity (Wildman–Crippen MR) is 126 cm³/mol. The van der Waals surface area contributed by atoms with Crippen LogP contribution in [0.3, 0.4) is 0 Å². The van der Waals surface area contributed by atoms with E-state index in [0.717, 1.165) is 11.1 Å². The van der Waals surface area contributed by atoms with Crippen molar-refractivity contribution in [2.45, 2.75) is 11.8 Å². The quantitative estimate of drug-likeness (QED) is 0.191. The van der Waals surface area contributed by atoms with Gasteiger partial charge in [0.15, 0.2) is 0 Å². The van der Waals surface area contributed by atoms with E-state index in [9.17, 15) is 13.0 Å². The summed E-state index contributed by atoms with van der Waals surface area (Å²) in [5.41, 5.74) is 10.6. The minimum absolute atomic E-state index is 0. The van der Waals surface area contributed by atoms with Gasteiger partial charge in [0.2, 0.25) is 0 Å². The molecule has 8 heteroatoms. The molecule has 0 fully saturated rings. The first-order chi connectivity index (χ1) is 14.3. The number of azo groups is 1. The molecule has 0 saturated carbocycles. The molecule has 4 aromatic carbocycles. The van der Waals surface area contributed by atoms with Gasteiger partial charge in [0.1, 0.15) is 10.6 Å². The molecule has 0 radical (unpaired) electrons. The Labute approximate surface area is 202 Å². The van der Waals surface area contributed by atoms with Crippen LogP contribution >= 0.6 is 0 Å². The van der Waals surface area contributed by atoms with Crippen LogP contribution in [-0.2, 0) is 10.1 Å². The van der Waals surface area contributed by atoms with E-state index in [2.05, 4.69) is 16.3 Å². The van der Waals surface area contributed by atoms with Crippen molar-refractivity contribution in [3.8, 4) is 11.1 Å². The Kier molecular flexibility index (Phi) is 6.93. The first-order valence-electron chi connectivity index (χ1n) is 9.20. The van der Waals surface area contributed by atoms with E-state index in [1.807, 2.05) is 49.4 Å². The van der Waals surface area contributed by atoms with Crippen LogP contribution < -0.4 is 5.73 Å². The summed E-state index contributed by atoms with van der Waals surface area (Å²) in [4.78, 5) is -0.254. The molecule has 0 unspecified atom stereocenters. The zero-order valence-electron chi connectivity index (χ0n) is 16.1. The van der Waals surface area contributed by atoms with E-state index in [1.54, 1.807) is 24.3 Å². The van der Waals surface area contributed by atoms with Crippen molar-refractivity contribution < 1.29 is 13.0 Å². The van der Waals surface area contributed by atoms with Gasteiger partial charge < -0.3 is 5.73 Å². The molecule has 4 aromatic rings. The third-order valence-electron chi connectivity index (χ3n) is 4.80. The van der Waals surface area contributed by atoms with Crippen LogP contribution in [0.15, 0.2) is 94.0 Å². The summed E-state index contributed by atoms with van der Waals surface area (Å²) in [7, 11) is -4.45. The van der Waals surface area contributed by atoms with Crippen LogP contribution in [0.5, 0.6) is 0 Å². The third-order valence-corrected chi connectivity index (χ3v) is 5.69. The molecule has 0 aliphatic rings. The van der Waals surface area contributed by atoms with E-state index in [0.29, 0.717) is 16.5 Å². The molecule has 0 aliphatic heterocycles. The van der Waals surface area contributed by atoms with E-state index in [4.69, 9.17) is 5.73 Å². The number of hydrogen-bond acceptors (Lipinski definition) is 5. The Balaban J connectivity index is 0.00000272. The van der Waals surface area contributed by atoms with Gasteiger partial charge in [0, 0.05) is 10.8 Å². The van der Waals surface area contributed by atoms with Crippen molar-refractivity contribution in [2.75, 3.05) is 5.73 Å². The summed E-state index contributed by atoms with van der Waals surface area (Å²) in [6, 6.07) is 23.6.